The van der Waals surface area contributed by atoms with E-state index in [9.17, 15) is 0 Å². The van der Waals surface area contributed by atoms with E-state index in [0.717, 1.165) is 13.0 Å². The summed E-state index contributed by atoms with van der Waals surface area (Å²) in [5.74, 6) is 0. The minimum Gasteiger partial charge on any atom is -0.243 e. The van der Waals surface area contributed by atoms with Gasteiger partial charge in [-0.25, -0.2) is 11.0 Å². The standard InChI is InChI=1S/C15H27N3/c1-2-4-7-11-14(10-6-3-1)15-12-8-5-9-13-16-18-17-15/h10,16,18H,1-9,11-13H2/b14-10+,17-15+. The second-order valence-electron chi connectivity index (χ2n) is 5.44. The van der Waals surface area contributed by atoms with E-state index >= 15 is 0 Å². The maximum Gasteiger partial charge on any atom is 0.0647 e. The summed E-state index contributed by atoms with van der Waals surface area (Å²) < 4.78 is 0. The lowest BCUT2D eigenvalue weighted by Crippen LogP contribution is -2.28. The highest BCUT2D eigenvalue weighted by molar-refractivity contribution is 5.99. The predicted molar refractivity (Wildman–Crippen MR) is 77.4 cm³/mol. The van der Waals surface area contributed by atoms with Crippen LogP contribution in [0.4, 0.5) is 0 Å². The van der Waals surface area contributed by atoms with Crippen LogP contribution < -0.4 is 11.0 Å². The number of nitrogens with zero attached hydrogens (tertiary/aromatic N) is 1. The van der Waals surface area contributed by atoms with Crippen LogP contribution in [0.15, 0.2) is 16.8 Å². The van der Waals surface area contributed by atoms with Crippen LogP contribution in [-0.4, -0.2) is 12.3 Å². The molecule has 0 bridgehead atoms. The van der Waals surface area contributed by atoms with Gasteiger partial charge in [0.1, 0.15) is 0 Å². The number of allylic oxidation sites excluding steroid dienone is 2. The molecule has 1 heterocycles. The maximum absolute atomic E-state index is 4.56. The van der Waals surface area contributed by atoms with Crippen LogP contribution in [-0.2, 0) is 0 Å². The number of nitrogens with one attached hydrogen (secondary N) is 2. The lowest BCUT2D eigenvalue weighted by molar-refractivity contribution is 0.536. The molecule has 2 aliphatic rings. The third-order valence-corrected chi connectivity index (χ3v) is 3.90. The Morgan fingerprint density at radius 3 is 2.61 bits per heavy atom. The van der Waals surface area contributed by atoms with Gasteiger partial charge in [0.05, 0.1) is 5.71 Å². The summed E-state index contributed by atoms with van der Waals surface area (Å²) in [5.41, 5.74) is 9.00. The van der Waals surface area contributed by atoms with Crippen LogP contribution in [0.3, 0.4) is 0 Å². The molecule has 2 N–H and O–H groups in total. The van der Waals surface area contributed by atoms with Gasteiger partial charge < -0.3 is 0 Å². The second-order valence-corrected chi connectivity index (χ2v) is 5.44. The van der Waals surface area contributed by atoms with Crippen LogP contribution in [0.1, 0.15) is 70.6 Å². The largest absolute Gasteiger partial charge is 0.243 e. The Balaban J connectivity index is 1.99. The van der Waals surface area contributed by atoms with E-state index in [2.05, 4.69) is 22.1 Å². The molecule has 0 saturated carbocycles. The van der Waals surface area contributed by atoms with Crippen molar-refractivity contribution in [1.29, 1.82) is 0 Å². The molecule has 0 saturated heterocycles. The summed E-state index contributed by atoms with van der Waals surface area (Å²) >= 11 is 0. The molecule has 1 aliphatic heterocycles. The molecule has 1 aliphatic carbocycles. The normalized spacial score (nSPS) is 29.8. The van der Waals surface area contributed by atoms with E-state index in [-0.39, 0.29) is 0 Å². The molecule has 0 aromatic rings. The van der Waals surface area contributed by atoms with E-state index in [0.29, 0.717) is 0 Å². The highest BCUT2D eigenvalue weighted by Crippen LogP contribution is 2.20. The van der Waals surface area contributed by atoms with Crippen molar-refractivity contribution in [2.75, 3.05) is 6.54 Å². The summed E-state index contributed by atoms with van der Waals surface area (Å²) in [4.78, 5) is 0. The molecule has 102 valence electrons. The fourth-order valence-electron chi connectivity index (χ4n) is 2.76. The molecule has 0 aromatic carbocycles. The van der Waals surface area contributed by atoms with Gasteiger partial charge in [0, 0.05) is 6.54 Å². The fourth-order valence-corrected chi connectivity index (χ4v) is 2.76. The summed E-state index contributed by atoms with van der Waals surface area (Å²) in [6.07, 6.45) is 16.8. The molecule has 0 fully saturated rings. The molecule has 0 aromatic heterocycles. The summed E-state index contributed by atoms with van der Waals surface area (Å²) in [7, 11) is 0. The fraction of sp³-hybridized carbons (Fsp3) is 0.800. The van der Waals surface area contributed by atoms with Crippen molar-refractivity contribution in [2.45, 2.75) is 70.6 Å². The van der Waals surface area contributed by atoms with Crippen molar-refractivity contribution in [3.05, 3.63) is 11.6 Å². The Bertz CT molecular complexity index is 264. The number of hydrazine groups is 1. The van der Waals surface area contributed by atoms with Gasteiger partial charge in [-0.05, 0) is 50.5 Å². The molecule has 0 unspecified atom stereocenters. The molecular weight excluding hydrogens is 222 g/mol. The number of hydrogen-bond donors (Lipinski definition) is 2. The first-order valence-electron chi connectivity index (χ1n) is 7.70. The maximum atomic E-state index is 4.56. The monoisotopic (exact) mass is 249 g/mol. The second kappa shape index (κ2) is 8.30. The third kappa shape index (κ3) is 4.81. The van der Waals surface area contributed by atoms with Gasteiger partial charge in [0.15, 0.2) is 0 Å². The van der Waals surface area contributed by atoms with E-state index in [1.807, 2.05) is 0 Å². The Morgan fingerprint density at radius 1 is 0.833 bits per heavy atom. The van der Waals surface area contributed by atoms with Gasteiger partial charge >= 0.3 is 0 Å². The first-order valence-corrected chi connectivity index (χ1v) is 7.70. The molecule has 18 heavy (non-hydrogen) atoms. The molecule has 2 rings (SSSR count). The smallest absolute Gasteiger partial charge is 0.0647 e. The van der Waals surface area contributed by atoms with Crippen molar-refractivity contribution in [2.24, 2.45) is 5.10 Å². The van der Waals surface area contributed by atoms with Crippen LogP contribution in [0.5, 0.6) is 0 Å². The minimum absolute atomic E-state index is 1.02. The van der Waals surface area contributed by atoms with Crippen LogP contribution >= 0.6 is 0 Å². The van der Waals surface area contributed by atoms with Gasteiger partial charge in [-0.2, -0.15) is 5.10 Å². The van der Waals surface area contributed by atoms with Gasteiger partial charge in [0.2, 0.25) is 0 Å². The molecule has 0 amide bonds. The summed E-state index contributed by atoms with van der Waals surface area (Å²) in [6.45, 7) is 1.02. The van der Waals surface area contributed by atoms with E-state index < -0.39 is 0 Å². The zero-order valence-corrected chi connectivity index (χ0v) is 11.5. The zero-order chi connectivity index (χ0) is 12.5. The Labute approximate surface area is 111 Å². The molecule has 0 radical (unpaired) electrons. The molecule has 0 spiro atoms. The van der Waals surface area contributed by atoms with E-state index in [1.165, 1.54) is 75.5 Å². The van der Waals surface area contributed by atoms with Crippen molar-refractivity contribution >= 4 is 5.71 Å². The molecule has 3 heteroatoms. The molecular formula is C15H27N3. The zero-order valence-electron chi connectivity index (χ0n) is 11.5. The highest BCUT2D eigenvalue weighted by atomic mass is 15.6. The van der Waals surface area contributed by atoms with Crippen LogP contribution in [0, 0.1) is 0 Å². The minimum atomic E-state index is 1.02. The number of rotatable bonds is 1. The highest BCUT2D eigenvalue weighted by Gasteiger charge is 2.10. The SMILES string of the molecule is C1=C(/C2=N/NNCCCCC2)CCCCCCC/1. The Kier molecular flexibility index (Phi) is 6.27. The van der Waals surface area contributed by atoms with Gasteiger partial charge in [-0.15, -0.1) is 0 Å². The summed E-state index contributed by atoms with van der Waals surface area (Å²) in [6, 6.07) is 0. The number of hydrazone groups is 1. The average molecular weight is 249 g/mol. The van der Waals surface area contributed by atoms with E-state index in [1.54, 1.807) is 0 Å². The Hall–Kier alpha value is -0.830. The van der Waals surface area contributed by atoms with Crippen LogP contribution in [0.25, 0.3) is 0 Å². The molecule has 3 nitrogen and oxygen atoms in total. The quantitative estimate of drug-likeness (QED) is 0.743. The number of hydrogen-bond acceptors (Lipinski definition) is 3. The van der Waals surface area contributed by atoms with E-state index in [4.69, 9.17) is 0 Å². The van der Waals surface area contributed by atoms with Gasteiger partial charge in [-0.3, -0.25) is 0 Å². The summed E-state index contributed by atoms with van der Waals surface area (Å²) in [5, 5.41) is 4.56. The predicted octanol–water partition coefficient (Wildman–Crippen LogP) is 3.68. The van der Waals surface area contributed by atoms with Gasteiger partial charge in [0.25, 0.3) is 0 Å². The van der Waals surface area contributed by atoms with Crippen molar-refractivity contribution < 1.29 is 0 Å². The lowest BCUT2D eigenvalue weighted by atomic mass is 9.98. The van der Waals surface area contributed by atoms with Gasteiger partial charge in [-0.1, -0.05) is 31.8 Å². The first kappa shape index (κ1) is 13.6. The Morgan fingerprint density at radius 2 is 1.61 bits per heavy atom. The van der Waals surface area contributed by atoms with Crippen molar-refractivity contribution in [3.8, 4) is 0 Å². The third-order valence-electron chi connectivity index (χ3n) is 3.90. The van der Waals surface area contributed by atoms with Crippen molar-refractivity contribution in [3.63, 3.8) is 0 Å². The van der Waals surface area contributed by atoms with Crippen LogP contribution in [0.2, 0.25) is 0 Å². The molecule has 0 atom stereocenters. The van der Waals surface area contributed by atoms with Crippen molar-refractivity contribution in [1.82, 2.24) is 11.0 Å². The lowest BCUT2D eigenvalue weighted by Gasteiger charge is -2.10. The first-order chi connectivity index (χ1) is 8.97. The topological polar surface area (TPSA) is 36.4 Å². The average Bonchev–Trinajstić information content (AvgIpc) is 2.61.